The van der Waals surface area contributed by atoms with Crippen LogP contribution in [0.2, 0.25) is 5.02 Å². The largest absolute Gasteiger partial charge is 0.480 e. The highest BCUT2D eigenvalue weighted by Gasteiger charge is 2.31. The zero-order valence-corrected chi connectivity index (χ0v) is 16.8. The van der Waals surface area contributed by atoms with Gasteiger partial charge >= 0.3 is 12.1 Å². The van der Waals surface area contributed by atoms with Gasteiger partial charge in [0.05, 0.1) is 20.8 Å². The summed E-state index contributed by atoms with van der Waals surface area (Å²) < 4.78 is 54.4. The lowest BCUT2D eigenvalue weighted by molar-refractivity contribution is -0.141. The molecule has 1 aromatic heterocycles. The van der Waals surface area contributed by atoms with Gasteiger partial charge in [-0.3, -0.25) is 4.79 Å². The van der Waals surface area contributed by atoms with Gasteiger partial charge in [-0.05, 0) is 36.8 Å². The highest BCUT2D eigenvalue weighted by Crippen LogP contribution is 2.31. The van der Waals surface area contributed by atoms with Crippen LogP contribution in [0.4, 0.5) is 17.6 Å². The van der Waals surface area contributed by atoms with Gasteiger partial charge in [0.25, 0.3) is 5.91 Å². The molecule has 1 N–H and O–H groups in total. The van der Waals surface area contributed by atoms with Crippen LogP contribution in [-0.4, -0.2) is 21.6 Å². The van der Waals surface area contributed by atoms with Crippen molar-refractivity contribution in [3.63, 3.8) is 0 Å². The zero-order valence-electron chi connectivity index (χ0n) is 15.2. The number of benzene rings is 2. The van der Waals surface area contributed by atoms with Crippen LogP contribution in [0.3, 0.4) is 0 Å². The summed E-state index contributed by atoms with van der Waals surface area (Å²) in [6, 6.07) is 5.15. The number of fused-ring (bicyclic) bond motifs is 1. The van der Waals surface area contributed by atoms with E-state index in [0.29, 0.717) is 17.4 Å². The number of carbonyl (C=O) groups is 2. The van der Waals surface area contributed by atoms with Crippen molar-refractivity contribution in [2.45, 2.75) is 25.6 Å². The molecule has 0 saturated carbocycles. The average Bonchev–Trinajstić information content (AvgIpc) is 3.03. The van der Waals surface area contributed by atoms with Gasteiger partial charge < -0.3 is 9.67 Å². The smallest absolute Gasteiger partial charge is 0.416 e. The summed E-state index contributed by atoms with van der Waals surface area (Å²) >= 11 is 6.48. The minimum absolute atomic E-state index is 0.0159. The number of aliphatic carboxylic acids is 1. The van der Waals surface area contributed by atoms with Gasteiger partial charge in [-0.1, -0.05) is 35.9 Å². The van der Waals surface area contributed by atoms with Crippen LogP contribution in [0.25, 0.3) is 10.2 Å². The number of hydrogen-bond acceptors (Lipinski definition) is 3. The fourth-order valence-electron chi connectivity index (χ4n) is 2.88. The van der Waals surface area contributed by atoms with Gasteiger partial charge in [-0.25, -0.2) is 9.18 Å². The Morgan fingerprint density at radius 3 is 2.57 bits per heavy atom. The molecule has 0 spiro atoms. The maximum absolute atomic E-state index is 14.5. The Labute approximate surface area is 175 Å². The molecule has 0 fully saturated rings. The number of hydrogen-bond donors (Lipinski definition) is 1. The fraction of sp³-hybridized carbons (Fsp3) is 0.211. The van der Waals surface area contributed by atoms with E-state index in [-0.39, 0.29) is 32.0 Å². The van der Waals surface area contributed by atoms with E-state index < -0.39 is 35.5 Å². The van der Waals surface area contributed by atoms with Crippen LogP contribution in [0.5, 0.6) is 0 Å². The van der Waals surface area contributed by atoms with Crippen molar-refractivity contribution >= 4 is 45.0 Å². The zero-order chi connectivity index (χ0) is 22.2. The van der Waals surface area contributed by atoms with E-state index in [1.807, 2.05) is 0 Å². The third-order valence-corrected chi connectivity index (χ3v) is 5.66. The van der Waals surface area contributed by atoms with Gasteiger partial charge in [0.1, 0.15) is 6.04 Å². The fourth-order valence-corrected chi connectivity index (χ4v) is 4.20. The predicted octanol–water partition coefficient (Wildman–Crippen LogP) is 5.29. The second-order valence-corrected chi connectivity index (χ2v) is 7.61. The van der Waals surface area contributed by atoms with E-state index in [0.717, 1.165) is 18.2 Å². The van der Waals surface area contributed by atoms with Gasteiger partial charge in [0.2, 0.25) is 0 Å². The van der Waals surface area contributed by atoms with Gasteiger partial charge in [-0.15, -0.1) is 0 Å². The molecule has 30 heavy (non-hydrogen) atoms. The number of aromatic nitrogens is 1. The SMILES string of the molecule is CCC(C(=O)O)n1/c(=N/C(=O)c2cccc(C(F)(F)F)c2)sc2c(F)c(Cl)ccc21. The second kappa shape index (κ2) is 8.19. The molecule has 1 heterocycles. The Morgan fingerprint density at radius 2 is 1.97 bits per heavy atom. The Hall–Kier alpha value is -2.72. The minimum Gasteiger partial charge on any atom is -0.480 e. The number of rotatable bonds is 4. The lowest BCUT2D eigenvalue weighted by atomic mass is 10.1. The Bertz CT molecular complexity index is 1220. The lowest BCUT2D eigenvalue weighted by Crippen LogP contribution is -2.27. The quantitative estimate of drug-likeness (QED) is 0.538. The summed E-state index contributed by atoms with van der Waals surface area (Å²) in [5.74, 6) is -3.06. The number of amides is 1. The van der Waals surface area contributed by atoms with E-state index in [1.54, 1.807) is 6.92 Å². The maximum Gasteiger partial charge on any atom is 0.416 e. The van der Waals surface area contributed by atoms with Crippen LogP contribution < -0.4 is 4.80 Å². The molecule has 158 valence electrons. The molecule has 3 aromatic rings. The predicted molar refractivity (Wildman–Crippen MR) is 103 cm³/mol. The number of thiazole rings is 1. The number of carbonyl (C=O) groups excluding carboxylic acids is 1. The van der Waals surface area contributed by atoms with Gasteiger partial charge in [0.15, 0.2) is 10.6 Å². The molecule has 1 unspecified atom stereocenters. The van der Waals surface area contributed by atoms with Crippen LogP contribution in [-0.2, 0) is 11.0 Å². The molecular formula is C19H13ClF4N2O3S. The Kier molecular flexibility index (Phi) is 6.00. The average molecular weight is 461 g/mol. The van der Waals surface area contributed by atoms with Crippen molar-refractivity contribution < 1.29 is 32.3 Å². The van der Waals surface area contributed by atoms with Crippen LogP contribution in [0.15, 0.2) is 41.4 Å². The molecule has 0 aliphatic heterocycles. The number of halogens is 5. The molecule has 5 nitrogen and oxygen atoms in total. The summed E-state index contributed by atoms with van der Waals surface area (Å²) in [5, 5.41) is 9.34. The van der Waals surface area contributed by atoms with Gasteiger partial charge in [-0.2, -0.15) is 18.2 Å². The van der Waals surface area contributed by atoms with Gasteiger partial charge in [0, 0.05) is 5.56 Å². The summed E-state index contributed by atoms with van der Waals surface area (Å²) in [5.41, 5.74) is -1.20. The number of alkyl halides is 3. The second-order valence-electron chi connectivity index (χ2n) is 6.22. The lowest BCUT2D eigenvalue weighted by Gasteiger charge is -2.13. The molecule has 0 aliphatic carbocycles. The minimum atomic E-state index is -4.65. The molecule has 1 amide bonds. The molecule has 1 atom stereocenters. The highest BCUT2D eigenvalue weighted by atomic mass is 35.5. The summed E-state index contributed by atoms with van der Waals surface area (Å²) in [6.45, 7) is 1.58. The summed E-state index contributed by atoms with van der Waals surface area (Å²) in [4.78, 5) is 27.9. The van der Waals surface area contributed by atoms with Crippen molar-refractivity contribution in [2.75, 3.05) is 0 Å². The van der Waals surface area contributed by atoms with Crippen molar-refractivity contribution in [1.29, 1.82) is 0 Å². The molecular weight excluding hydrogens is 448 g/mol. The molecule has 0 bridgehead atoms. The first-order valence-corrected chi connectivity index (χ1v) is 9.72. The summed E-state index contributed by atoms with van der Waals surface area (Å²) in [7, 11) is 0. The molecule has 11 heteroatoms. The monoisotopic (exact) mass is 460 g/mol. The molecule has 0 radical (unpaired) electrons. The number of carboxylic acid groups (broad SMARTS) is 1. The Morgan fingerprint density at radius 1 is 1.27 bits per heavy atom. The first-order valence-electron chi connectivity index (χ1n) is 8.52. The van der Waals surface area contributed by atoms with Crippen molar-refractivity contribution in [3.05, 3.63) is 63.2 Å². The number of carboxylic acids is 1. The topological polar surface area (TPSA) is 71.7 Å². The van der Waals surface area contributed by atoms with E-state index in [9.17, 15) is 32.3 Å². The van der Waals surface area contributed by atoms with E-state index in [4.69, 9.17) is 11.6 Å². The van der Waals surface area contributed by atoms with E-state index in [2.05, 4.69) is 4.99 Å². The Balaban J connectivity index is 2.24. The highest BCUT2D eigenvalue weighted by molar-refractivity contribution is 7.16. The van der Waals surface area contributed by atoms with Crippen molar-refractivity contribution in [1.82, 2.24) is 4.57 Å². The van der Waals surface area contributed by atoms with Crippen LogP contribution in [0.1, 0.15) is 35.3 Å². The van der Waals surface area contributed by atoms with Crippen molar-refractivity contribution in [3.8, 4) is 0 Å². The van der Waals surface area contributed by atoms with Crippen molar-refractivity contribution in [2.24, 2.45) is 4.99 Å². The first kappa shape index (κ1) is 22.0. The summed E-state index contributed by atoms with van der Waals surface area (Å²) in [6.07, 6.45) is -4.55. The molecule has 3 rings (SSSR count). The normalized spacial score (nSPS) is 13.6. The molecule has 0 saturated heterocycles. The molecule has 0 aliphatic rings. The van der Waals surface area contributed by atoms with E-state index in [1.165, 1.54) is 16.7 Å². The standard InChI is InChI=1S/C19H13ClF4N2O3S/c1-2-12(17(28)29)26-13-7-6-11(20)14(21)15(13)30-18(26)25-16(27)9-4-3-5-10(8-9)19(22,23)24/h3-8,12H,2H2,1H3,(H,28,29)/b25-18-. The maximum atomic E-state index is 14.5. The molecule has 2 aromatic carbocycles. The van der Waals surface area contributed by atoms with E-state index >= 15 is 0 Å². The third kappa shape index (κ3) is 4.10. The third-order valence-electron chi connectivity index (χ3n) is 4.31. The number of nitrogens with zero attached hydrogens (tertiary/aromatic N) is 2. The van der Waals surface area contributed by atoms with Crippen LogP contribution in [0, 0.1) is 5.82 Å². The first-order chi connectivity index (χ1) is 14.0. The van der Waals surface area contributed by atoms with Crippen LogP contribution >= 0.6 is 22.9 Å².